The number of fused-ring (bicyclic) bond motifs is 3. The lowest BCUT2D eigenvalue weighted by Crippen LogP contribution is -2.13. The van der Waals surface area contributed by atoms with Crippen molar-refractivity contribution in [1.82, 2.24) is 0 Å². The molecule has 80 valence electrons. The zero-order chi connectivity index (χ0) is 10.4. The van der Waals surface area contributed by atoms with Crippen LogP contribution in [-0.2, 0) is 4.74 Å². The number of aromatic hydroxyl groups is 1. The Kier molecular flexibility index (Phi) is 1.79. The molecule has 15 heavy (non-hydrogen) atoms. The van der Waals surface area contributed by atoms with Gasteiger partial charge in [0.2, 0.25) is 6.29 Å². The minimum absolute atomic E-state index is 0.172. The summed E-state index contributed by atoms with van der Waals surface area (Å²) in [6.07, 6.45) is 0.676. The van der Waals surface area contributed by atoms with Crippen molar-refractivity contribution in [3.63, 3.8) is 0 Å². The Bertz CT molecular complexity index is 402. The standard InChI is InChI=1S/C11H12O4/c1-13-6-4-8(12)10-7-2-3-14-11(7)15-9(10)5-6/h4-5,7,11-12H,2-3H2,1H3/t7-,11-/m0/s1. The quantitative estimate of drug-likeness (QED) is 0.761. The summed E-state index contributed by atoms with van der Waals surface area (Å²) < 4.78 is 16.1. The molecule has 4 heteroatoms. The SMILES string of the molecule is COc1cc(O)c2c(c1)O[C@@H]1OCC[C@@H]21. The van der Waals surface area contributed by atoms with E-state index in [0.29, 0.717) is 18.1 Å². The Morgan fingerprint density at radius 3 is 3.13 bits per heavy atom. The molecule has 0 aliphatic carbocycles. The molecule has 0 spiro atoms. The largest absolute Gasteiger partial charge is 0.507 e. The lowest BCUT2D eigenvalue weighted by molar-refractivity contribution is -0.0338. The van der Waals surface area contributed by atoms with E-state index >= 15 is 0 Å². The monoisotopic (exact) mass is 208 g/mol. The Morgan fingerprint density at radius 2 is 2.33 bits per heavy atom. The van der Waals surface area contributed by atoms with Crippen LogP contribution in [0.15, 0.2) is 12.1 Å². The molecular weight excluding hydrogens is 196 g/mol. The number of hydrogen-bond acceptors (Lipinski definition) is 4. The third-order valence-corrected chi connectivity index (χ3v) is 2.98. The van der Waals surface area contributed by atoms with E-state index in [2.05, 4.69) is 0 Å². The molecule has 0 bridgehead atoms. The van der Waals surface area contributed by atoms with Gasteiger partial charge in [0.05, 0.1) is 19.6 Å². The van der Waals surface area contributed by atoms with Crippen molar-refractivity contribution in [2.75, 3.05) is 13.7 Å². The van der Waals surface area contributed by atoms with E-state index in [0.717, 1.165) is 12.0 Å². The molecule has 3 rings (SSSR count). The number of phenols is 1. The zero-order valence-corrected chi connectivity index (χ0v) is 8.40. The van der Waals surface area contributed by atoms with E-state index < -0.39 is 0 Å². The summed E-state index contributed by atoms with van der Waals surface area (Å²) in [5, 5.41) is 9.87. The van der Waals surface area contributed by atoms with E-state index in [4.69, 9.17) is 14.2 Å². The summed E-state index contributed by atoms with van der Waals surface area (Å²) in [6, 6.07) is 3.40. The fourth-order valence-electron chi connectivity index (χ4n) is 2.26. The van der Waals surface area contributed by atoms with Crippen molar-refractivity contribution >= 4 is 0 Å². The van der Waals surface area contributed by atoms with Gasteiger partial charge in [0.1, 0.15) is 17.2 Å². The third kappa shape index (κ3) is 1.18. The summed E-state index contributed by atoms with van der Waals surface area (Å²) in [6.45, 7) is 0.695. The molecule has 0 amide bonds. The van der Waals surface area contributed by atoms with Crippen LogP contribution in [0.25, 0.3) is 0 Å². The van der Waals surface area contributed by atoms with Crippen molar-refractivity contribution in [1.29, 1.82) is 0 Å². The highest BCUT2D eigenvalue weighted by atomic mass is 16.7. The van der Waals surface area contributed by atoms with Gasteiger partial charge in [0.25, 0.3) is 0 Å². The maximum atomic E-state index is 9.87. The van der Waals surface area contributed by atoms with Crippen LogP contribution in [0.1, 0.15) is 17.9 Å². The first-order valence-electron chi connectivity index (χ1n) is 4.99. The van der Waals surface area contributed by atoms with Gasteiger partial charge in [0, 0.05) is 17.7 Å². The highest BCUT2D eigenvalue weighted by Gasteiger charge is 2.41. The molecule has 2 aliphatic heterocycles. The lowest BCUT2D eigenvalue weighted by Gasteiger charge is -2.07. The normalized spacial score (nSPS) is 27.0. The van der Waals surface area contributed by atoms with Crippen molar-refractivity contribution in [3.8, 4) is 17.2 Å². The predicted molar refractivity (Wildman–Crippen MR) is 52.4 cm³/mol. The van der Waals surface area contributed by atoms with Gasteiger partial charge in [-0.2, -0.15) is 0 Å². The number of methoxy groups -OCH3 is 1. The minimum atomic E-state index is -0.224. The first-order valence-corrected chi connectivity index (χ1v) is 4.99. The van der Waals surface area contributed by atoms with Gasteiger partial charge in [-0.05, 0) is 6.42 Å². The first kappa shape index (κ1) is 8.85. The molecule has 0 unspecified atom stereocenters. The van der Waals surface area contributed by atoms with E-state index in [1.165, 1.54) is 0 Å². The number of ether oxygens (including phenoxy) is 3. The van der Waals surface area contributed by atoms with Crippen molar-refractivity contribution in [2.45, 2.75) is 18.6 Å². The maximum absolute atomic E-state index is 9.87. The van der Waals surface area contributed by atoms with Crippen LogP contribution in [0.3, 0.4) is 0 Å². The fraction of sp³-hybridized carbons (Fsp3) is 0.455. The Balaban J connectivity index is 2.09. The van der Waals surface area contributed by atoms with Crippen molar-refractivity contribution in [2.24, 2.45) is 0 Å². The van der Waals surface area contributed by atoms with Gasteiger partial charge in [-0.3, -0.25) is 0 Å². The summed E-state index contributed by atoms with van der Waals surface area (Å²) >= 11 is 0. The first-order chi connectivity index (χ1) is 7.29. The van der Waals surface area contributed by atoms with Gasteiger partial charge in [-0.25, -0.2) is 0 Å². The molecule has 2 heterocycles. The summed E-state index contributed by atoms with van der Waals surface area (Å²) in [7, 11) is 1.56. The molecule has 1 saturated heterocycles. The topological polar surface area (TPSA) is 47.9 Å². The predicted octanol–water partition coefficient (Wildman–Crippen LogP) is 1.62. The van der Waals surface area contributed by atoms with E-state index in [1.807, 2.05) is 0 Å². The maximum Gasteiger partial charge on any atom is 0.207 e. The molecule has 0 aromatic heterocycles. The Labute approximate surface area is 87.4 Å². The third-order valence-electron chi connectivity index (χ3n) is 2.98. The van der Waals surface area contributed by atoms with E-state index in [-0.39, 0.29) is 18.0 Å². The summed E-state index contributed by atoms with van der Waals surface area (Å²) in [4.78, 5) is 0. The molecule has 2 aliphatic rings. The summed E-state index contributed by atoms with van der Waals surface area (Å²) in [5.74, 6) is 1.70. The molecule has 4 nitrogen and oxygen atoms in total. The van der Waals surface area contributed by atoms with Gasteiger partial charge in [-0.1, -0.05) is 0 Å². The van der Waals surface area contributed by atoms with Crippen LogP contribution < -0.4 is 9.47 Å². The number of rotatable bonds is 1. The Hall–Kier alpha value is -1.42. The zero-order valence-electron chi connectivity index (χ0n) is 8.40. The second kappa shape index (κ2) is 3.03. The van der Waals surface area contributed by atoms with Crippen LogP contribution in [0, 0.1) is 0 Å². The second-order valence-corrected chi connectivity index (χ2v) is 3.81. The van der Waals surface area contributed by atoms with Crippen LogP contribution in [0.4, 0.5) is 0 Å². The number of benzene rings is 1. The molecule has 1 aromatic rings. The molecule has 0 radical (unpaired) electrons. The van der Waals surface area contributed by atoms with Crippen molar-refractivity contribution < 1.29 is 19.3 Å². The summed E-state index contributed by atoms with van der Waals surface area (Å²) in [5.41, 5.74) is 0.860. The fourth-order valence-corrected chi connectivity index (χ4v) is 2.26. The highest BCUT2D eigenvalue weighted by Crippen LogP contribution is 2.49. The average molecular weight is 208 g/mol. The van der Waals surface area contributed by atoms with Crippen LogP contribution in [0.2, 0.25) is 0 Å². The van der Waals surface area contributed by atoms with Gasteiger partial charge < -0.3 is 19.3 Å². The molecule has 2 atom stereocenters. The molecule has 1 N–H and O–H groups in total. The minimum Gasteiger partial charge on any atom is -0.507 e. The molecular formula is C11H12O4. The second-order valence-electron chi connectivity index (χ2n) is 3.81. The number of hydrogen-bond donors (Lipinski definition) is 1. The van der Waals surface area contributed by atoms with Crippen molar-refractivity contribution in [3.05, 3.63) is 17.7 Å². The average Bonchev–Trinajstić information content (AvgIpc) is 2.75. The van der Waals surface area contributed by atoms with Gasteiger partial charge in [-0.15, -0.1) is 0 Å². The lowest BCUT2D eigenvalue weighted by atomic mass is 9.97. The van der Waals surface area contributed by atoms with Crippen LogP contribution in [0.5, 0.6) is 17.2 Å². The smallest absolute Gasteiger partial charge is 0.207 e. The number of phenolic OH excluding ortho intramolecular Hbond substituents is 1. The Morgan fingerprint density at radius 1 is 1.47 bits per heavy atom. The van der Waals surface area contributed by atoms with Gasteiger partial charge in [0.15, 0.2) is 0 Å². The van der Waals surface area contributed by atoms with Gasteiger partial charge >= 0.3 is 0 Å². The van der Waals surface area contributed by atoms with Crippen LogP contribution >= 0.6 is 0 Å². The molecule has 1 aromatic carbocycles. The molecule has 1 fully saturated rings. The highest BCUT2D eigenvalue weighted by molar-refractivity contribution is 5.54. The molecule has 0 saturated carbocycles. The van der Waals surface area contributed by atoms with E-state index in [9.17, 15) is 5.11 Å². The van der Waals surface area contributed by atoms with Crippen LogP contribution in [-0.4, -0.2) is 25.1 Å². The van der Waals surface area contributed by atoms with E-state index in [1.54, 1.807) is 19.2 Å².